The van der Waals surface area contributed by atoms with Crippen molar-refractivity contribution in [3.05, 3.63) is 0 Å². The number of hydrogen-bond acceptors (Lipinski definition) is 3. The summed E-state index contributed by atoms with van der Waals surface area (Å²) < 4.78 is 0. The SMILES string of the molecule is CCN(CC)C1=NC2CCCCC2N1. The number of nitrogens with one attached hydrogen (secondary N) is 1. The molecule has 0 radical (unpaired) electrons. The van der Waals surface area contributed by atoms with Gasteiger partial charge in [-0.15, -0.1) is 0 Å². The zero-order valence-corrected chi connectivity index (χ0v) is 9.29. The Hall–Kier alpha value is -0.730. The van der Waals surface area contributed by atoms with Gasteiger partial charge in [0.15, 0.2) is 5.96 Å². The van der Waals surface area contributed by atoms with Crippen LogP contribution in [0.2, 0.25) is 0 Å². The third kappa shape index (κ3) is 1.72. The molecule has 1 saturated carbocycles. The molecule has 3 nitrogen and oxygen atoms in total. The molecular weight excluding hydrogens is 174 g/mol. The van der Waals surface area contributed by atoms with Gasteiger partial charge in [0.2, 0.25) is 0 Å². The molecule has 1 heterocycles. The molecular formula is C11H21N3. The zero-order chi connectivity index (χ0) is 9.97. The molecule has 2 atom stereocenters. The van der Waals surface area contributed by atoms with Crippen molar-refractivity contribution in [3.8, 4) is 0 Å². The quantitative estimate of drug-likeness (QED) is 0.724. The second-order valence-electron chi connectivity index (χ2n) is 4.23. The Morgan fingerprint density at radius 2 is 2.00 bits per heavy atom. The Morgan fingerprint density at radius 1 is 1.29 bits per heavy atom. The molecule has 1 aliphatic heterocycles. The summed E-state index contributed by atoms with van der Waals surface area (Å²) in [5.74, 6) is 1.15. The maximum absolute atomic E-state index is 4.78. The summed E-state index contributed by atoms with van der Waals surface area (Å²) in [6.07, 6.45) is 5.31. The van der Waals surface area contributed by atoms with E-state index in [1.807, 2.05) is 0 Å². The van der Waals surface area contributed by atoms with E-state index in [0.717, 1.165) is 19.0 Å². The maximum atomic E-state index is 4.78. The smallest absolute Gasteiger partial charge is 0.194 e. The minimum atomic E-state index is 0.569. The maximum Gasteiger partial charge on any atom is 0.194 e. The number of aliphatic imine (C=N–C) groups is 1. The van der Waals surface area contributed by atoms with Gasteiger partial charge >= 0.3 is 0 Å². The molecule has 80 valence electrons. The van der Waals surface area contributed by atoms with Gasteiger partial charge in [-0.25, -0.2) is 4.99 Å². The first-order valence-electron chi connectivity index (χ1n) is 5.94. The standard InChI is InChI=1S/C11H21N3/c1-3-14(4-2)11-12-9-7-5-6-8-10(9)13-11/h9-10H,3-8H2,1-2H3,(H,12,13). The first kappa shape index (κ1) is 9.81. The molecule has 0 aromatic rings. The Bertz CT molecular complexity index is 221. The molecule has 1 N–H and O–H groups in total. The van der Waals surface area contributed by atoms with Gasteiger partial charge in [0.1, 0.15) is 0 Å². The first-order valence-corrected chi connectivity index (χ1v) is 5.94. The van der Waals surface area contributed by atoms with E-state index in [2.05, 4.69) is 24.1 Å². The molecule has 0 amide bonds. The van der Waals surface area contributed by atoms with E-state index < -0.39 is 0 Å². The highest BCUT2D eigenvalue weighted by Crippen LogP contribution is 2.25. The Labute approximate surface area is 86.6 Å². The van der Waals surface area contributed by atoms with Gasteiger partial charge in [0.25, 0.3) is 0 Å². The van der Waals surface area contributed by atoms with E-state index in [1.165, 1.54) is 25.7 Å². The molecule has 0 spiro atoms. The largest absolute Gasteiger partial charge is 0.351 e. The zero-order valence-electron chi connectivity index (χ0n) is 9.29. The van der Waals surface area contributed by atoms with Crippen molar-refractivity contribution < 1.29 is 0 Å². The van der Waals surface area contributed by atoms with Crippen LogP contribution in [-0.2, 0) is 0 Å². The minimum Gasteiger partial charge on any atom is -0.351 e. The molecule has 2 unspecified atom stereocenters. The van der Waals surface area contributed by atoms with Gasteiger partial charge in [-0.05, 0) is 26.7 Å². The molecule has 14 heavy (non-hydrogen) atoms. The van der Waals surface area contributed by atoms with Gasteiger partial charge in [0, 0.05) is 13.1 Å². The fourth-order valence-corrected chi connectivity index (χ4v) is 2.49. The van der Waals surface area contributed by atoms with E-state index in [4.69, 9.17) is 4.99 Å². The predicted molar refractivity (Wildman–Crippen MR) is 59.5 cm³/mol. The lowest BCUT2D eigenvalue weighted by molar-refractivity contribution is 0.379. The van der Waals surface area contributed by atoms with Crippen LogP contribution in [0.25, 0.3) is 0 Å². The summed E-state index contributed by atoms with van der Waals surface area (Å²) in [5.41, 5.74) is 0. The summed E-state index contributed by atoms with van der Waals surface area (Å²) in [5, 5.41) is 3.57. The van der Waals surface area contributed by atoms with Gasteiger partial charge in [0.05, 0.1) is 12.1 Å². The Morgan fingerprint density at radius 3 is 2.64 bits per heavy atom. The summed E-state index contributed by atoms with van der Waals surface area (Å²) in [7, 11) is 0. The van der Waals surface area contributed by atoms with Crippen LogP contribution in [-0.4, -0.2) is 36.0 Å². The van der Waals surface area contributed by atoms with Crippen molar-refractivity contribution >= 4 is 5.96 Å². The van der Waals surface area contributed by atoms with E-state index in [1.54, 1.807) is 0 Å². The predicted octanol–water partition coefficient (Wildman–Crippen LogP) is 1.60. The number of fused-ring (bicyclic) bond motifs is 1. The number of rotatable bonds is 2. The topological polar surface area (TPSA) is 27.6 Å². The van der Waals surface area contributed by atoms with Crippen LogP contribution in [0.3, 0.4) is 0 Å². The average Bonchev–Trinajstić information content (AvgIpc) is 2.63. The average molecular weight is 195 g/mol. The van der Waals surface area contributed by atoms with Crippen LogP contribution < -0.4 is 5.32 Å². The molecule has 1 fully saturated rings. The number of guanidine groups is 1. The fourth-order valence-electron chi connectivity index (χ4n) is 2.49. The van der Waals surface area contributed by atoms with Crippen molar-refractivity contribution in [2.24, 2.45) is 4.99 Å². The van der Waals surface area contributed by atoms with Crippen LogP contribution in [0.1, 0.15) is 39.5 Å². The highest BCUT2D eigenvalue weighted by molar-refractivity contribution is 5.82. The van der Waals surface area contributed by atoms with Crippen molar-refractivity contribution in [3.63, 3.8) is 0 Å². The molecule has 0 bridgehead atoms. The van der Waals surface area contributed by atoms with Crippen LogP contribution in [0.4, 0.5) is 0 Å². The summed E-state index contributed by atoms with van der Waals surface area (Å²) in [6.45, 7) is 6.49. The minimum absolute atomic E-state index is 0.569. The monoisotopic (exact) mass is 195 g/mol. The summed E-state index contributed by atoms with van der Waals surface area (Å²) in [6, 6.07) is 1.21. The number of hydrogen-bond donors (Lipinski definition) is 1. The molecule has 1 aliphatic carbocycles. The van der Waals surface area contributed by atoms with E-state index in [9.17, 15) is 0 Å². The van der Waals surface area contributed by atoms with Crippen molar-refractivity contribution in [1.82, 2.24) is 10.2 Å². The number of nitrogens with zero attached hydrogens (tertiary/aromatic N) is 2. The third-order valence-electron chi connectivity index (χ3n) is 3.40. The lowest BCUT2D eigenvalue weighted by Gasteiger charge is -2.25. The van der Waals surface area contributed by atoms with Crippen LogP contribution in [0.5, 0.6) is 0 Å². The first-order chi connectivity index (χ1) is 6.85. The van der Waals surface area contributed by atoms with Gasteiger partial charge in [-0.1, -0.05) is 12.8 Å². The lowest BCUT2D eigenvalue weighted by Crippen LogP contribution is -2.43. The van der Waals surface area contributed by atoms with Crippen LogP contribution >= 0.6 is 0 Å². The van der Waals surface area contributed by atoms with E-state index in [-0.39, 0.29) is 0 Å². The molecule has 2 aliphatic rings. The fraction of sp³-hybridized carbons (Fsp3) is 0.909. The lowest BCUT2D eigenvalue weighted by atomic mass is 9.92. The Kier molecular flexibility index (Phi) is 2.94. The third-order valence-corrected chi connectivity index (χ3v) is 3.40. The van der Waals surface area contributed by atoms with Gasteiger partial charge in [-0.2, -0.15) is 0 Å². The van der Waals surface area contributed by atoms with E-state index in [0.29, 0.717) is 12.1 Å². The molecule has 0 aromatic carbocycles. The summed E-state index contributed by atoms with van der Waals surface area (Å²) >= 11 is 0. The summed E-state index contributed by atoms with van der Waals surface area (Å²) in [4.78, 5) is 7.10. The van der Waals surface area contributed by atoms with Crippen molar-refractivity contribution in [2.45, 2.75) is 51.6 Å². The van der Waals surface area contributed by atoms with Crippen LogP contribution in [0.15, 0.2) is 4.99 Å². The molecule has 3 heteroatoms. The van der Waals surface area contributed by atoms with Crippen LogP contribution in [0, 0.1) is 0 Å². The van der Waals surface area contributed by atoms with Gasteiger partial charge in [-0.3, -0.25) is 0 Å². The van der Waals surface area contributed by atoms with Crippen molar-refractivity contribution in [2.75, 3.05) is 13.1 Å². The van der Waals surface area contributed by atoms with Gasteiger partial charge < -0.3 is 10.2 Å². The molecule has 0 aromatic heterocycles. The Balaban J connectivity index is 2.01. The molecule has 2 rings (SSSR count). The van der Waals surface area contributed by atoms with Crippen molar-refractivity contribution in [1.29, 1.82) is 0 Å². The highest BCUT2D eigenvalue weighted by atomic mass is 15.3. The van der Waals surface area contributed by atoms with E-state index >= 15 is 0 Å². The second kappa shape index (κ2) is 4.20. The second-order valence-corrected chi connectivity index (χ2v) is 4.23. The molecule has 0 saturated heterocycles. The normalized spacial score (nSPS) is 30.6. The highest BCUT2D eigenvalue weighted by Gasteiger charge is 2.31.